The first-order valence-electron chi connectivity index (χ1n) is 5.41. The molecule has 1 saturated heterocycles. The molecule has 1 aliphatic rings. The highest BCUT2D eigenvalue weighted by atomic mass is 19.1. The quantitative estimate of drug-likeness (QED) is 0.827. The first-order chi connectivity index (χ1) is 8.90. The van der Waals surface area contributed by atoms with E-state index in [1.54, 1.807) is 0 Å². The molecule has 1 unspecified atom stereocenters. The number of rotatable bonds is 3. The van der Waals surface area contributed by atoms with Crippen LogP contribution in [-0.2, 0) is 14.4 Å². The van der Waals surface area contributed by atoms with E-state index in [2.05, 4.69) is 0 Å². The highest BCUT2D eigenvalue weighted by molar-refractivity contribution is 6.07. The molecule has 0 saturated carbocycles. The van der Waals surface area contributed by atoms with Crippen LogP contribution >= 0.6 is 0 Å². The SMILES string of the molecule is O=C(O)CN1C(=O)CC(c2ccc(F)cc2F)C1=O. The van der Waals surface area contributed by atoms with Crippen LogP contribution in [0.25, 0.3) is 0 Å². The summed E-state index contributed by atoms with van der Waals surface area (Å²) in [6.07, 6.45) is -0.311. The number of benzene rings is 1. The number of nitrogens with zero attached hydrogens (tertiary/aromatic N) is 1. The van der Waals surface area contributed by atoms with Gasteiger partial charge in [-0.1, -0.05) is 6.07 Å². The van der Waals surface area contributed by atoms with Gasteiger partial charge in [0.1, 0.15) is 18.2 Å². The first-order valence-corrected chi connectivity index (χ1v) is 5.41. The van der Waals surface area contributed by atoms with Crippen molar-refractivity contribution >= 4 is 17.8 Å². The van der Waals surface area contributed by atoms with Crippen LogP contribution in [0.5, 0.6) is 0 Å². The van der Waals surface area contributed by atoms with Crippen LogP contribution in [0.1, 0.15) is 17.9 Å². The average Bonchev–Trinajstić information content (AvgIpc) is 2.57. The summed E-state index contributed by atoms with van der Waals surface area (Å²) in [6, 6.07) is 2.69. The summed E-state index contributed by atoms with van der Waals surface area (Å²) in [5, 5.41) is 8.59. The predicted molar refractivity (Wildman–Crippen MR) is 58.1 cm³/mol. The zero-order valence-electron chi connectivity index (χ0n) is 9.60. The van der Waals surface area contributed by atoms with Gasteiger partial charge in [0.2, 0.25) is 11.8 Å². The summed E-state index contributed by atoms with van der Waals surface area (Å²) in [5.41, 5.74) is -0.104. The molecular formula is C12H9F2NO4. The first kappa shape index (κ1) is 13.1. The maximum atomic E-state index is 13.6. The van der Waals surface area contributed by atoms with Gasteiger partial charge in [-0.15, -0.1) is 0 Å². The van der Waals surface area contributed by atoms with Crippen molar-refractivity contribution in [1.82, 2.24) is 4.90 Å². The highest BCUT2D eigenvalue weighted by Crippen LogP contribution is 2.31. The van der Waals surface area contributed by atoms with Crippen molar-refractivity contribution in [2.75, 3.05) is 6.54 Å². The normalized spacial score (nSPS) is 19.1. The van der Waals surface area contributed by atoms with E-state index < -0.39 is 41.9 Å². The lowest BCUT2D eigenvalue weighted by atomic mass is 9.97. The summed E-state index contributed by atoms with van der Waals surface area (Å²) < 4.78 is 26.3. The Labute approximate surface area is 106 Å². The van der Waals surface area contributed by atoms with E-state index in [0.717, 1.165) is 12.1 Å². The van der Waals surface area contributed by atoms with E-state index in [4.69, 9.17) is 5.11 Å². The van der Waals surface area contributed by atoms with Gasteiger partial charge in [-0.05, 0) is 6.07 Å². The van der Waals surface area contributed by atoms with Gasteiger partial charge in [0.25, 0.3) is 0 Å². The van der Waals surface area contributed by atoms with Crippen molar-refractivity contribution in [3.05, 3.63) is 35.4 Å². The van der Waals surface area contributed by atoms with Crippen LogP contribution in [0, 0.1) is 11.6 Å². The molecule has 1 aliphatic heterocycles. The third-order valence-corrected chi connectivity index (χ3v) is 2.88. The van der Waals surface area contributed by atoms with Gasteiger partial charge in [0.05, 0.1) is 5.92 Å². The second-order valence-corrected chi connectivity index (χ2v) is 4.13. The summed E-state index contributed by atoms with van der Waals surface area (Å²) in [4.78, 5) is 34.5. The van der Waals surface area contributed by atoms with Gasteiger partial charge in [-0.25, -0.2) is 8.78 Å². The van der Waals surface area contributed by atoms with Crippen LogP contribution in [0.3, 0.4) is 0 Å². The van der Waals surface area contributed by atoms with Crippen molar-refractivity contribution in [3.8, 4) is 0 Å². The zero-order chi connectivity index (χ0) is 14.2. The molecule has 2 rings (SSSR count). The Morgan fingerprint density at radius 3 is 2.63 bits per heavy atom. The minimum atomic E-state index is -1.33. The van der Waals surface area contributed by atoms with Crippen LogP contribution in [-0.4, -0.2) is 34.3 Å². The molecule has 1 heterocycles. The van der Waals surface area contributed by atoms with E-state index in [1.807, 2.05) is 0 Å². The van der Waals surface area contributed by atoms with Gasteiger partial charge in [-0.2, -0.15) is 0 Å². The molecule has 100 valence electrons. The number of hydrogen-bond donors (Lipinski definition) is 1. The van der Waals surface area contributed by atoms with E-state index in [9.17, 15) is 23.2 Å². The number of imide groups is 1. The lowest BCUT2D eigenvalue weighted by molar-refractivity contribution is -0.148. The molecular weight excluding hydrogens is 260 g/mol. The number of likely N-dealkylation sites (tertiary alicyclic amines) is 1. The molecule has 1 aromatic carbocycles. The summed E-state index contributed by atoms with van der Waals surface area (Å²) in [7, 11) is 0. The van der Waals surface area contributed by atoms with Crippen molar-refractivity contribution in [3.63, 3.8) is 0 Å². The molecule has 0 radical (unpaired) electrons. The second kappa shape index (κ2) is 4.75. The van der Waals surface area contributed by atoms with Gasteiger partial charge in [0.15, 0.2) is 0 Å². The zero-order valence-corrected chi connectivity index (χ0v) is 9.60. The summed E-state index contributed by atoms with van der Waals surface area (Å²) >= 11 is 0. The molecule has 1 fully saturated rings. The number of aliphatic carboxylic acids is 1. The van der Waals surface area contributed by atoms with E-state index in [-0.39, 0.29) is 12.0 Å². The monoisotopic (exact) mass is 269 g/mol. The molecule has 1 aromatic rings. The topological polar surface area (TPSA) is 74.7 Å². The molecule has 19 heavy (non-hydrogen) atoms. The fourth-order valence-corrected chi connectivity index (χ4v) is 2.01. The molecule has 1 atom stereocenters. The van der Waals surface area contributed by atoms with Gasteiger partial charge in [-0.3, -0.25) is 19.3 Å². The molecule has 0 bridgehead atoms. The fourth-order valence-electron chi connectivity index (χ4n) is 2.01. The molecule has 0 aromatic heterocycles. The number of carbonyl (C=O) groups is 3. The maximum Gasteiger partial charge on any atom is 0.323 e. The lowest BCUT2D eigenvalue weighted by Crippen LogP contribution is -2.35. The van der Waals surface area contributed by atoms with Crippen LogP contribution in [0.2, 0.25) is 0 Å². The molecule has 0 aliphatic carbocycles. The Bertz CT molecular complexity index is 573. The largest absolute Gasteiger partial charge is 0.480 e. The van der Waals surface area contributed by atoms with Crippen LogP contribution in [0.4, 0.5) is 8.78 Å². The fraction of sp³-hybridized carbons (Fsp3) is 0.250. The van der Waals surface area contributed by atoms with Gasteiger partial charge < -0.3 is 5.11 Å². The van der Waals surface area contributed by atoms with E-state index in [1.165, 1.54) is 0 Å². The Hall–Kier alpha value is -2.31. The summed E-state index contributed by atoms with van der Waals surface area (Å²) in [6.45, 7) is -0.753. The summed E-state index contributed by atoms with van der Waals surface area (Å²) in [5.74, 6) is -5.60. The minimum Gasteiger partial charge on any atom is -0.480 e. The van der Waals surface area contributed by atoms with Crippen molar-refractivity contribution < 1.29 is 28.3 Å². The van der Waals surface area contributed by atoms with Crippen molar-refractivity contribution in [2.24, 2.45) is 0 Å². The molecule has 2 amide bonds. The average molecular weight is 269 g/mol. The number of halogens is 2. The number of carbonyl (C=O) groups excluding carboxylic acids is 2. The second-order valence-electron chi connectivity index (χ2n) is 4.13. The van der Waals surface area contributed by atoms with Crippen LogP contribution < -0.4 is 0 Å². The Kier molecular flexibility index (Phi) is 3.28. The van der Waals surface area contributed by atoms with E-state index >= 15 is 0 Å². The van der Waals surface area contributed by atoms with Crippen LogP contribution in [0.15, 0.2) is 18.2 Å². The molecule has 7 heteroatoms. The predicted octanol–water partition coefficient (Wildman–Crippen LogP) is 0.892. The lowest BCUT2D eigenvalue weighted by Gasteiger charge is -2.12. The Morgan fingerprint density at radius 2 is 2.05 bits per heavy atom. The Morgan fingerprint density at radius 1 is 1.37 bits per heavy atom. The third kappa shape index (κ3) is 2.44. The standard InChI is InChI=1S/C12H9F2NO4/c13-6-1-2-7(9(14)3-6)8-4-10(16)15(12(8)19)5-11(17)18/h1-3,8H,4-5H2,(H,17,18). The maximum absolute atomic E-state index is 13.6. The molecule has 0 spiro atoms. The van der Waals surface area contributed by atoms with Crippen molar-refractivity contribution in [1.29, 1.82) is 0 Å². The number of carboxylic acid groups (broad SMARTS) is 1. The van der Waals surface area contributed by atoms with Crippen molar-refractivity contribution in [2.45, 2.75) is 12.3 Å². The highest BCUT2D eigenvalue weighted by Gasteiger charge is 2.41. The van der Waals surface area contributed by atoms with E-state index in [0.29, 0.717) is 11.0 Å². The van der Waals surface area contributed by atoms with Gasteiger partial charge >= 0.3 is 5.97 Å². The third-order valence-electron chi connectivity index (χ3n) is 2.88. The number of carboxylic acids is 1. The Balaban J connectivity index is 2.30. The smallest absolute Gasteiger partial charge is 0.323 e. The molecule has 5 nitrogen and oxygen atoms in total. The number of hydrogen-bond acceptors (Lipinski definition) is 3. The van der Waals surface area contributed by atoms with Gasteiger partial charge in [0, 0.05) is 18.1 Å². The molecule has 1 N–H and O–H groups in total. The minimum absolute atomic E-state index is 0.104. The number of amides is 2.